The highest BCUT2D eigenvalue weighted by molar-refractivity contribution is 6.31. The number of carbonyl (C=O) groups is 4. The van der Waals surface area contributed by atoms with Crippen LogP contribution >= 0.6 is 11.6 Å². The third-order valence-electron chi connectivity index (χ3n) is 10.2. The van der Waals surface area contributed by atoms with Gasteiger partial charge in [0.25, 0.3) is 5.91 Å². The molecule has 11 nitrogen and oxygen atoms in total. The lowest BCUT2D eigenvalue weighted by Gasteiger charge is -2.39. The van der Waals surface area contributed by atoms with E-state index in [0.29, 0.717) is 48.3 Å². The van der Waals surface area contributed by atoms with Gasteiger partial charge in [0.2, 0.25) is 17.7 Å². The molecule has 0 spiro atoms. The van der Waals surface area contributed by atoms with Gasteiger partial charge in [0, 0.05) is 60.4 Å². The monoisotopic (exact) mass is 741 g/mol. The topological polar surface area (TPSA) is 133 Å². The van der Waals surface area contributed by atoms with Crippen LogP contribution in [0.15, 0.2) is 72.9 Å². The normalized spacial score (nSPS) is 18.8. The summed E-state index contributed by atoms with van der Waals surface area (Å²) in [5, 5.41) is 7.38. The Morgan fingerprint density at radius 3 is 2.45 bits per heavy atom. The molecule has 53 heavy (non-hydrogen) atoms. The van der Waals surface area contributed by atoms with Gasteiger partial charge in [0.15, 0.2) is 11.5 Å². The van der Waals surface area contributed by atoms with Crippen LogP contribution in [0.5, 0.6) is 11.5 Å². The first-order valence-corrected chi connectivity index (χ1v) is 18.7. The van der Waals surface area contributed by atoms with Gasteiger partial charge in [-0.15, -0.1) is 0 Å². The van der Waals surface area contributed by atoms with Crippen molar-refractivity contribution in [3.8, 4) is 11.5 Å². The van der Waals surface area contributed by atoms with Crippen molar-refractivity contribution >= 4 is 46.1 Å². The molecule has 4 aromatic rings. The summed E-state index contributed by atoms with van der Waals surface area (Å²) in [6.45, 7) is 7.31. The van der Waals surface area contributed by atoms with Gasteiger partial charge in [-0.2, -0.15) is 0 Å². The molecule has 12 heteroatoms. The molecule has 2 fully saturated rings. The van der Waals surface area contributed by atoms with Crippen molar-refractivity contribution in [2.45, 2.75) is 52.2 Å². The second kappa shape index (κ2) is 16.8. The van der Waals surface area contributed by atoms with E-state index in [9.17, 15) is 19.2 Å². The Balaban J connectivity index is 1.16. The molecule has 0 bridgehead atoms. The number of hydrogen-bond acceptors (Lipinski definition) is 6. The van der Waals surface area contributed by atoms with Crippen molar-refractivity contribution in [1.82, 2.24) is 25.4 Å². The van der Waals surface area contributed by atoms with E-state index < -0.39 is 12.0 Å². The second-order valence-corrected chi connectivity index (χ2v) is 14.8. The number of likely N-dealkylation sites (tertiary alicyclic amines) is 2. The van der Waals surface area contributed by atoms with Crippen molar-refractivity contribution in [1.29, 1.82) is 0 Å². The molecule has 4 atom stereocenters. The maximum Gasteiger partial charge on any atom is 0.254 e. The summed E-state index contributed by atoms with van der Waals surface area (Å²) in [5.41, 5.74) is 3.32. The van der Waals surface area contributed by atoms with E-state index >= 15 is 0 Å². The number of nitrogens with zero attached hydrogens (tertiary/aromatic N) is 2. The Morgan fingerprint density at radius 2 is 1.70 bits per heavy atom. The molecule has 2 aliphatic rings. The Hall–Kier alpha value is -5.03. The third-order valence-corrected chi connectivity index (χ3v) is 10.5. The van der Waals surface area contributed by atoms with E-state index in [-0.39, 0.29) is 54.5 Å². The lowest BCUT2D eigenvalue weighted by Crippen LogP contribution is -2.55. The van der Waals surface area contributed by atoms with E-state index in [4.69, 9.17) is 21.1 Å². The summed E-state index contributed by atoms with van der Waals surface area (Å²) in [5.74, 6) is -0.836. The van der Waals surface area contributed by atoms with Crippen LogP contribution in [0.2, 0.25) is 5.02 Å². The van der Waals surface area contributed by atoms with Crippen LogP contribution in [0, 0.1) is 17.8 Å². The molecule has 3 unspecified atom stereocenters. The SMILES string of the molecule is COc1cc(C(=O)N2CC3CN(C(=O)Cc4c[nH]c5cc(Cl)ccc45)CC(C(=O)N[C@@H](C)C(=O)NCCCc4ccccc4)C3C2)ccc1OC(C)C. The minimum Gasteiger partial charge on any atom is -0.493 e. The maximum atomic E-state index is 14.0. The number of hydrogen-bond donors (Lipinski definition) is 3. The van der Waals surface area contributed by atoms with E-state index in [2.05, 4.69) is 27.8 Å². The predicted octanol–water partition coefficient (Wildman–Crippen LogP) is 5.26. The molecule has 1 aromatic heterocycles. The van der Waals surface area contributed by atoms with Gasteiger partial charge in [-0.25, -0.2) is 0 Å². The lowest BCUT2D eigenvalue weighted by molar-refractivity contribution is -0.140. The van der Waals surface area contributed by atoms with Gasteiger partial charge in [-0.3, -0.25) is 19.2 Å². The van der Waals surface area contributed by atoms with Crippen molar-refractivity contribution < 1.29 is 28.7 Å². The molecule has 3 heterocycles. The van der Waals surface area contributed by atoms with E-state index in [1.807, 2.05) is 50.4 Å². The molecule has 0 aliphatic carbocycles. The number of H-pyrrole nitrogens is 1. The second-order valence-electron chi connectivity index (χ2n) is 14.4. The first-order chi connectivity index (χ1) is 25.5. The van der Waals surface area contributed by atoms with Crippen LogP contribution in [-0.4, -0.2) is 90.4 Å². The smallest absolute Gasteiger partial charge is 0.254 e. The number of halogens is 1. The van der Waals surface area contributed by atoms with Gasteiger partial charge in [-0.1, -0.05) is 48.0 Å². The first kappa shape index (κ1) is 37.7. The van der Waals surface area contributed by atoms with Crippen molar-refractivity contribution in [3.05, 3.63) is 94.6 Å². The van der Waals surface area contributed by atoms with Crippen LogP contribution in [0.3, 0.4) is 0 Å². The number of ether oxygens (including phenoxy) is 2. The summed E-state index contributed by atoms with van der Waals surface area (Å²) < 4.78 is 11.4. The molecule has 280 valence electrons. The van der Waals surface area contributed by atoms with E-state index in [1.165, 1.54) is 12.7 Å². The molecule has 0 saturated carbocycles. The Labute approximate surface area is 315 Å². The van der Waals surface area contributed by atoms with Gasteiger partial charge >= 0.3 is 0 Å². The van der Waals surface area contributed by atoms with E-state index in [1.54, 1.807) is 41.0 Å². The fraction of sp³-hybridized carbons (Fsp3) is 0.415. The number of nitrogens with one attached hydrogen (secondary N) is 3. The number of fused-ring (bicyclic) bond motifs is 2. The molecule has 2 saturated heterocycles. The highest BCUT2D eigenvalue weighted by Crippen LogP contribution is 2.38. The largest absolute Gasteiger partial charge is 0.493 e. The number of aromatic amines is 1. The highest BCUT2D eigenvalue weighted by atomic mass is 35.5. The molecular weight excluding hydrogens is 694 g/mol. The number of aromatic nitrogens is 1. The van der Waals surface area contributed by atoms with Crippen LogP contribution in [0.1, 0.15) is 48.7 Å². The standard InChI is InChI=1S/C41H48ClN5O6/c1-25(2)53-36-15-12-28(17-37(36)52-4)41(51)47-22-30-21-46(38(48)18-29-20-44-35-19-31(42)13-14-32(29)35)24-34(33(30)23-47)40(50)45-26(3)39(49)43-16-8-11-27-9-6-5-7-10-27/h5-7,9-10,12-15,17,19-20,25-26,30,33-34,44H,8,11,16,18,21-24H2,1-4H3,(H,43,49)(H,45,50)/t26-,30?,33?,34?/m0/s1. The summed E-state index contributed by atoms with van der Waals surface area (Å²) in [7, 11) is 1.54. The number of carbonyl (C=O) groups excluding carboxylic acids is 4. The fourth-order valence-electron chi connectivity index (χ4n) is 7.52. The minimum absolute atomic E-state index is 0.0659. The van der Waals surface area contributed by atoms with Gasteiger partial charge in [-0.05, 0) is 86.9 Å². The number of aryl methyl sites for hydroxylation is 1. The van der Waals surface area contributed by atoms with Crippen LogP contribution in [-0.2, 0) is 27.2 Å². The van der Waals surface area contributed by atoms with Crippen molar-refractivity contribution in [3.63, 3.8) is 0 Å². The average Bonchev–Trinajstić information content (AvgIpc) is 3.76. The zero-order chi connectivity index (χ0) is 37.6. The van der Waals surface area contributed by atoms with Crippen molar-refractivity contribution in [2.24, 2.45) is 17.8 Å². The highest BCUT2D eigenvalue weighted by Gasteiger charge is 2.48. The van der Waals surface area contributed by atoms with Gasteiger partial charge < -0.3 is 34.9 Å². The predicted molar refractivity (Wildman–Crippen MR) is 204 cm³/mol. The summed E-state index contributed by atoms with van der Waals surface area (Å²) >= 11 is 6.18. The summed E-state index contributed by atoms with van der Waals surface area (Å²) in [6.07, 6.45) is 3.50. The maximum absolute atomic E-state index is 14.0. The fourth-order valence-corrected chi connectivity index (χ4v) is 7.70. The molecule has 3 aromatic carbocycles. The van der Waals surface area contributed by atoms with E-state index in [0.717, 1.165) is 29.3 Å². The number of benzene rings is 3. The molecular formula is C41H48ClN5O6. The summed E-state index contributed by atoms with van der Waals surface area (Å²) in [4.78, 5) is 61.6. The molecule has 2 aliphatic heterocycles. The zero-order valence-corrected chi connectivity index (χ0v) is 31.4. The van der Waals surface area contributed by atoms with Gasteiger partial charge in [0.1, 0.15) is 6.04 Å². The molecule has 3 N–H and O–H groups in total. The Bertz CT molecular complexity index is 1950. The quantitative estimate of drug-likeness (QED) is 0.160. The van der Waals surface area contributed by atoms with Gasteiger partial charge in [0.05, 0.1) is 25.6 Å². The van der Waals surface area contributed by atoms with Crippen molar-refractivity contribution in [2.75, 3.05) is 39.8 Å². The zero-order valence-electron chi connectivity index (χ0n) is 30.7. The summed E-state index contributed by atoms with van der Waals surface area (Å²) in [6, 6.07) is 19.9. The third kappa shape index (κ3) is 8.96. The number of amides is 4. The number of rotatable bonds is 13. The average molecular weight is 742 g/mol. The van der Waals surface area contributed by atoms with Crippen LogP contribution < -0.4 is 20.1 Å². The van der Waals surface area contributed by atoms with Crippen LogP contribution in [0.4, 0.5) is 0 Å². The molecule has 4 amide bonds. The molecule has 6 rings (SSSR count). The first-order valence-electron chi connectivity index (χ1n) is 18.3. The molecule has 0 radical (unpaired) electrons. The number of methoxy groups -OCH3 is 1. The Morgan fingerprint density at radius 1 is 0.925 bits per heavy atom. The number of piperidine rings is 1. The van der Waals surface area contributed by atoms with Crippen LogP contribution in [0.25, 0.3) is 10.9 Å². The minimum atomic E-state index is -0.778. The Kier molecular flexibility index (Phi) is 11.9. The lowest BCUT2D eigenvalue weighted by atomic mass is 9.79.